The number of nitro groups is 1. The molecule has 1 aromatic rings. The molecule has 3 heterocycles. The average Bonchev–Trinajstić information content (AvgIpc) is 3.19. The molecule has 124 valence electrons. The predicted molar refractivity (Wildman–Crippen MR) is 81.1 cm³/mol. The number of rotatable bonds is 3. The Kier molecular flexibility index (Phi) is 2.94. The first kappa shape index (κ1) is 15.0. The number of nitrogens with zero attached hydrogens (tertiary/aromatic N) is 2. The second-order valence-electron chi connectivity index (χ2n) is 6.30. The summed E-state index contributed by atoms with van der Waals surface area (Å²) in [6.45, 7) is 1.19. The van der Waals surface area contributed by atoms with E-state index >= 15 is 0 Å². The number of carbonyl (C=O) groups excluding carboxylic acids is 2. The largest absolute Gasteiger partial charge is 0.393 e. The summed E-state index contributed by atoms with van der Waals surface area (Å²) in [4.78, 5) is 37.1. The topological polar surface area (TPSA) is 110 Å². The third kappa shape index (κ3) is 1.69. The lowest BCUT2D eigenvalue weighted by molar-refractivity contribution is -0.385. The van der Waals surface area contributed by atoms with Crippen LogP contribution in [0.4, 0.5) is 11.4 Å². The van der Waals surface area contributed by atoms with Gasteiger partial charge in [0, 0.05) is 11.6 Å². The minimum Gasteiger partial charge on any atom is -0.393 e. The Bertz CT molecular complexity index is 819. The summed E-state index contributed by atoms with van der Waals surface area (Å²) in [6.07, 6.45) is 2.76. The molecular weight excluding hydrogens is 316 g/mol. The Morgan fingerprint density at radius 3 is 2.79 bits per heavy atom. The summed E-state index contributed by atoms with van der Waals surface area (Å²) in [7, 11) is 0. The van der Waals surface area contributed by atoms with Crippen LogP contribution in [0, 0.1) is 28.9 Å². The molecule has 3 aliphatic heterocycles. The van der Waals surface area contributed by atoms with Gasteiger partial charge in [-0.2, -0.15) is 0 Å². The molecule has 2 amide bonds. The number of fused-ring (bicyclic) bond motifs is 5. The first-order valence-corrected chi connectivity index (χ1v) is 7.50. The van der Waals surface area contributed by atoms with Crippen molar-refractivity contribution in [1.29, 1.82) is 0 Å². The molecular formula is C16H14N2O6. The maximum Gasteiger partial charge on any atom is 0.274 e. The molecule has 1 N–H and O–H groups in total. The Balaban J connectivity index is 1.77. The van der Waals surface area contributed by atoms with Crippen molar-refractivity contribution < 1.29 is 24.4 Å². The van der Waals surface area contributed by atoms with Crippen molar-refractivity contribution in [2.45, 2.75) is 18.6 Å². The first-order chi connectivity index (χ1) is 11.4. The highest BCUT2D eigenvalue weighted by Crippen LogP contribution is 2.52. The summed E-state index contributed by atoms with van der Waals surface area (Å²) in [6, 6.07) is 4.25. The number of aryl methyl sites for hydroxylation is 1. The molecule has 4 rings (SSSR count). The fourth-order valence-corrected chi connectivity index (χ4v) is 3.87. The van der Waals surface area contributed by atoms with Gasteiger partial charge >= 0.3 is 0 Å². The Morgan fingerprint density at radius 1 is 1.38 bits per heavy atom. The number of nitro benzene ring substituents is 1. The van der Waals surface area contributed by atoms with Crippen molar-refractivity contribution >= 4 is 23.2 Å². The van der Waals surface area contributed by atoms with Crippen molar-refractivity contribution in [3.8, 4) is 0 Å². The van der Waals surface area contributed by atoms with Gasteiger partial charge in [-0.3, -0.25) is 19.7 Å². The predicted octanol–water partition coefficient (Wildman–Crippen LogP) is 0.709. The van der Waals surface area contributed by atoms with E-state index in [1.807, 2.05) is 0 Å². The molecule has 2 bridgehead atoms. The maximum absolute atomic E-state index is 12.8. The highest BCUT2D eigenvalue weighted by Gasteiger charge is 2.67. The van der Waals surface area contributed by atoms with Crippen LogP contribution < -0.4 is 4.90 Å². The molecule has 8 nitrogen and oxygen atoms in total. The summed E-state index contributed by atoms with van der Waals surface area (Å²) in [5.41, 5.74) is -0.712. The van der Waals surface area contributed by atoms with Gasteiger partial charge < -0.3 is 9.84 Å². The molecule has 0 radical (unpaired) electrons. The van der Waals surface area contributed by atoms with E-state index in [1.165, 1.54) is 18.2 Å². The van der Waals surface area contributed by atoms with Crippen LogP contribution in [-0.2, 0) is 14.3 Å². The van der Waals surface area contributed by atoms with E-state index in [-0.39, 0.29) is 11.4 Å². The number of benzene rings is 1. The number of imide groups is 1. The minimum absolute atomic E-state index is 0.153. The van der Waals surface area contributed by atoms with Crippen LogP contribution in [0.5, 0.6) is 0 Å². The molecule has 3 aliphatic rings. The molecule has 0 saturated carbocycles. The normalized spacial score (nSPS) is 33.4. The Labute approximate surface area is 136 Å². The maximum atomic E-state index is 12.8. The monoisotopic (exact) mass is 330 g/mol. The summed E-state index contributed by atoms with van der Waals surface area (Å²) in [5, 5.41) is 20.8. The van der Waals surface area contributed by atoms with Gasteiger partial charge in [0.2, 0.25) is 11.8 Å². The second kappa shape index (κ2) is 4.71. The molecule has 2 fully saturated rings. The van der Waals surface area contributed by atoms with Crippen molar-refractivity contribution in [1.82, 2.24) is 0 Å². The molecule has 0 spiro atoms. The molecule has 0 aromatic heterocycles. The minimum atomic E-state index is -1.17. The average molecular weight is 330 g/mol. The van der Waals surface area contributed by atoms with Gasteiger partial charge in [-0.25, -0.2) is 4.90 Å². The third-order valence-electron chi connectivity index (χ3n) is 5.05. The van der Waals surface area contributed by atoms with Crippen molar-refractivity contribution in [3.05, 3.63) is 46.0 Å². The van der Waals surface area contributed by atoms with E-state index in [0.717, 1.165) is 4.90 Å². The fourth-order valence-electron chi connectivity index (χ4n) is 3.87. The lowest BCUT2D eigenvalue weighted by Crippen LogP contribution is -2.43. The van der Waals surface area contributed by atoms with Gasteiger partial charge in [-0.1, -0.05) is 18.2 Å². The van der Waals surface area contributed by atoms with E-state index in [0.29, 0.717) is 5.56 Å². The molecule has 8 heteroatoms. The smallest absolute Gasteiger partial charge is 0.274 e. The molecule has 0 aliphatic carbocycles. The van der Waals surface area contributed by atoms with Crippen molar-refractivity contribution in [2.24, 2.45) is 11.8 Å². The molecule has 4 atom stereocenters. The van der Waals surface area contributed by atoms with Crippen LogP contribution in [0.25, 0.3) is 0 Å². The molecule has 1 aromatic carbocycles. The Morgan fingerprint density at radius 2 is 2.12 bits per heavy atom. The number of aliphatic hydroxyl groups is 1. The summed E-state index contributed by atoms with van der Waals surface area (Å²) in [5.74, 6) is -2.45. The zero-order chi connectivity index (χ0) is 17.2. The molecule has 24 heavy (non-hydrogen) atoms. The number of anilines is 1. The fraction of sp³-hybridized carbons (Fsp3) is 0.375. The SMILES string of the molecule is Cc1ccc(N2C(=O)[C@H]3[C@H]4C=C[C@@](CO)(O4)[C@H]3C2=O)cc1[N+](=O)[O-]. The van der Waals surface area contributed by atoms with E-state index < -0.39 is 46.9 Å². The van der Waals surface area contributed by atoms with E-state index in [1.54, 1.807) is 19.1 Å². The first-order valence-electron chi connectivity index (χ1n) is 7.50. The van der Waals surface area contributed by atoms with Crippen LogP contribution in [0.1, 0.15) is 5.56 Å². The summed E-state index contributed by atoms with van der Waals surface area (Å²) < 4.78 is 5.64. The lowest BCUT2D eigenvalue weighted by atomic mass is 9.77. The zero-order valence-electron chi connectivity index (χ0n) is 12.7. The lowest BCUT2D eigenvalue weighted by Gasteiger charge is -2.26. The highest BCUT2D eigenvalue weighted by molar-refractivity contribution is 6.23. The van der Waals surface area contributed by atoms with Gasteiger partial charge in [0.1, 0.15) is 5.60 Å². The number of hydrogen-bond acceptors (Lipinski definition) is 6. The van der Waals surface area contributed by atoms with Gasteiger partial charge in [0.25, 0.3) is 5.69 Å². The van der Waals surface area contributed by atoms with Crippen LogP contribution in [-0.4, -0.2) is 40.2 Å². The standard InChI is InChI=1S/C16H14N2O6/c1-8-2-3-9(6-10(8)18(22)23)17-14(20)12-11-4-5-16(7-19,24-11)13(12)15(17)21/h2-6,11-13,19H,7H2,1H3/t11-,12+,13-,16+/m1/s1. The van der Waals surface area contributed by atoms with Gasteiger partial charge in [-0.15, -0.1) is 0 Å². The quantitative estimate of drug-likeness (QED) is 0.378. The van der Waals surface area contributed by atoms with Gasteiger partial charge in [0.15, 0.2) is 0 Å². The molecule has 2 saturated heterocycles. The number of ether oxygens (including phenoxy) is 1. The van der Waals surface area contributed by atoms with Crippen LogP contribution in [0.3, 0.4) is 0 Å². The van der Waals surface area contributed by atoms with Gasteiger partial charge in [0.05, 0.1) is 35.2 Å². The third-order valence-corrected chi connectivity index (χ3v) is 5.05. The summed E-state index contributed by atoms with van der Waals surface area (Å²) >= 11 is 0. The Hall–Kier alpha value is -2.58. The highest BCUT2D eigenvalue weighted by atomic mass is 16.6. The van der Waals surface area contributed by atoms with E-state index in [9.17, 15) is 24.8 Å². The number of hydrogen-bond donors (Lipinski definition) is 1. The van der Waals surface area contributed by atoms with Crippen LogP contribution in [0.2, 0.25) is 0 Å². The number of aliphatic hydroxyl groups excluding tert-OH is 1. The van der Waals surface area contributed by atoms with Gasteiger partial charge in [-0.05, 0) is 13.0 Å². The van der Waals surface area contributed by atoms with Crippen molar-refractivity contribution in [3.63, 3.8) is 0 Å². The zero-order valence-corrected chi connectivity index (χ0v) is 12.7. The number of carbonyl (C=O) groups is 2. The van der Waals surface area contributed by atoms with E-state index in [2.05, 4.69) is 0 Å². The van der Waals surface area contributed by atoms with E-state index in [4.69, 9.17) is 4.74 Å². The molecule has 0 unspecified atom stereocenters. The van der Waals surface area contributed by atoms with Crippen LogP contribution in [0.15, 0.2) is 30.4 Å². The number of amides is 2. The second-order valence-corrected chi connectivity index (χ2v) is 6.30. The van der Waals surface area contributed by atoms with Crippen LogP contribution >= 0.6 is 0 Å². The van der Waals surface area contributed by atoms with Crippen molar-refractivity contribution in [2.75, 3.05) is 11.5 Å².